The highest BCUT2D eigenvalue weighted by atomic mass is 35.5. The predicted octanol–water partition coefficient (Wildman–Crippen LogP) is 5.47. The van der Waals surface area contributed by atoms with Gasteiger partial charge in [0.15, 0.2) is 5.15 Å². The van der Waals surface area contributed by atoms with Crippen molar-refractivity contribution in [1.82, 2.24) is 24.6 Å². The zero-order valence-electron chi connectivity index (χ0n) is 20.0. The largest absolute Gasteiger partial charge is 0.380 e. The Kier molecular flexibility index (Phi) is 5.95. The number of piperidine rings is 1. The fourth-order valence-electron chi connectivity index (χ4n) is 5.85. The summed E-state index contributed by atoms with van der Waals surface area (Å²) in [7, 11) is 0. The lowest BCUT2D eigenvalue weighted by Gasteiger charge is -2.36. The normalized spacial score (nSPS) is 25.8. The highest BCUT2D eigenvalue weighted by Gasteiger charge is 2.39. The van der Waals surface area contributed by atoms with Crippen molar-refractivity contribution in [2.45, 2.75) is 64.0 Å². The molecule has 3 atom stereocenters. The molecule has 0 amide bonds. The number of hydrogen-bond acceptors (Lipinski definition) is 6. The first-order valence-corrected chi connectivity index (χ1v) is 13.1. The van der Waals surface area contributed by atoms with Crippen LogP contribution in [0.1, 0.15) is 62.1 Å². The van der Waals surface area contributed by atoms with Crippen molar-refractivity contribution in [2.75, 3.05) is 31.6 Å². The van der Waals surface area contributed by atoms with E-state index in [1.165, 1.54) is 30.4 Å². The molecule has 1 saturated carbocycles. The quantitative estimate of drug-likeness (QED) is 0.504. The Bertz CT molecular complexity index is 1180. The summed E-state index contributed by atoms with van der Waals surface area (Å²) in [4.78, 5) is 12.0. The molecule has 2 saturated heterocycles. The molecule has 34 heavy (non-hydrogen) atoms. The van der Waals surface area contributed by atoms with E-state index in [1.54, 1.807) is 6.20 Å². The Hall–Kier alpha value is -2.22. The second kappa shape index (κ2) is 9.10. The molecule has 1 aromatic carbocycles. The molecular weight excluding hydrogens is 448 g/mol. The number of halogens is 1. The van der Waals surface area contributed by atoms with Gasteiger partial charge in [-0.25, -0.2) is 14.6 Å². The number of likely N-dealkylation sites (tertiary alicyclic amines) is 1. The number of hydrogen-bond donors (Lipinski definition) is 1. The van der Waals surface area contributed by atoms with E-state index in [-0.39, 0.29) is 0 Å². The molecule has 8 heteroatoms. The number of benzene rings is 1. The summed E-state index contributed by atoms with van der Waals surface area (Å²) in [6, 6.07) is 5.54. The van der Waals surface area contributed by atoms with Crippen LogP contribution in [-0.4, -0.2) is 57.0 Å². The number of nitrogens with one attached hydrogen (secondary N) is 1. The number of aromatic nitrogens is 4. The highest BCUT2D eigenvalue weighted by Crippen LogP contribution is 2.47. The smallest absolute Gasteiger partial charge is 0.227 e. The minimum absolute atomic E-state index is 0.420. The van der Waals surface area contributed by atoms with Crippen molar-refractivity contribution in [3.8, 4) is 0 Å². The van der Waals surface area contributed by atoms with Crippen LogP contribution in [0.2, 0.25) is 5.15 Å². The lowest BCUT2D eigenvalue weighted by Crippen LogP contribution is -2.41. The van der Waals surface area contributed by atoms with Gasteiger partial charge in [0.1, 0.15) is 0 Å². The van der Waals surface area contributed by atoms with E-state index in [1.807, 2.05) is 10.9 Å². The summed E-state index contributed by atoms with van der Waals surface area (Å²) in [5.74, 6) is 1.82. The Morgan fingerprint density at radius 1 is 1.18 bits per heavy atom. The fraction of sp³-hybridized carbons (Fsp3) is 0.577. The minimum atomic E-state index is 0.420. The summed E-state index contributed by atoms with van der Waals surface area (Å²) in [6.07, 6.45) is 9.55. The van der Waals surface area contributed by atoms with Crippen molar-refractivity contribution >= 4 is 34.1 Å². The highest BCUT2D eigenvalue weighted by molar-refractivity contribution is 6.32. The maximum atomic E-state index is 6.63. The van der Waals surface area contributed by atoms with E-state index in [2.05, 4.69) is 46.3 Å². The third kappa shape index (κ3) is 4.18. The minimum Gasteiger partial charge on any atom is -0.380 e. The summed E-state index contributed by atoms with van der Waals surface area (Å²) >= 11 is 6.63. The number of nitrogens with zero attached hydrogens (tertiary/aromatic N) is 5. The summed E-state index contributed by atoms with van der Waals surface area (Å²) < 4.78 is 7.54. The van der Waals surface area contributed by atoms with Gasteiger partial charge < -0.3 is 10.1 Å². The van der Waals surface area contributed by atoms with Crippen LogP contribution in [0.3, 0.4) is 0 Å². The third-order valence-electron chi connectivity index (χ3n) is 8.06. The molecule has 4 heterocycles. The van der Waals surface area contributed by atoms with Crippen LogP contribution >= 0.6 is 11.6 Å². The number of aryl methyl sites for hydroxylation is 1. The van der Waals surface area contributed by atoms with Crippen LogP contribution in [0.4, 0.5) is 11.6 Å². The van der Waals surface area contributed by atoms with Crippen molar-refractivity contribution < 1.29 is 4.74 Å². The topological polar surface area (TPSA) is 68.1 Å². The van der Waals surface area contributed by atoms with Crippen LogP contribution in [0.5, 0.6) is 0 Å². The molecule has 6 rings (SSSR count). The van der Waals surface area contributed by atoms with E-state index >= 15 is 0 Å². The maximum Gasteiger partial charge on any atom is 0.227 e. The summed E-state index contributed by atoms with van der Waals surface area (Å²) in [5, 5.41) is 9.51. The molecule has 3 aliphatic rings. The number of anilines is 2. The molecule has 0 spiro atoms. The van der Waals surface area contributed by atoms with E-state index in [4.69, 9.17) is 21.3 Å². The van der Waals surface area contributed by atoms with E-state index in [0.717, 1.165) is 55.7 Å². The van der Waals surface area contributed by atoms with Crippen LogP contribution in [0.15, 0.2) is 24.5 Å². The first-order chi connectivity index (χ1) is 16.6. The van der Waals surface area contributed by atoms with Gasteiger partial charge in [-0.2, -0.15) is 5.10 Å². The predicted molar refractivity (Wildman–Crippen MR) is 135 cm³/mol. The number of fused-ring (bicyclic) bond motifs is 1. The zero-order chi connectivity index (χ0) is 23.2. The third-order valence-corrected chi connectivity index (χ3v) is 8.44. The van der Waals surface area contributed by atoms with Crippen molar-refractivity contribution in [3.05, 3.63) is 40.8 Å². The summed E-state index contributed by atoms with van der Waals surface area (Å²) in [5.41, 5.74) is 4.49. The van der Waals surface area contributed by atoms with E-state index < -0.39 is 0 Å². The Morgan fingerprint density at radius 2 is 2.03 bits per heavy atom. The molecule has 0 bridgehead atoms. The second-order valence-electron chi connectivity index (χ2n) is 10.2. The molecule has 3 fully saturated rings. The molecule has 2 aromatic heterocycles. The van der Waals surface area contributed by atoms with Gasteiger partial charge in [0.05, 0.1) is 30.0 Å². The number of ether oxygens (including phenoxy) is 1. The Balaban J connectivity index is 1.19. The lowest BCUT2D eigenvalue weighted by molar-refractivity contribution is 0.122. The van der Waals surface area contributed by atoms with Crippen molar-refractivity contribution in [2.24, 2.45) is 5.92 Å². The molecule has 3 unspecified atom stereocenters. The van der Waals surface area contributed by atoms with Crippen LogP contribution < -0.4 is 5.32 Å². The van der Waals surface area contributed by atoms with E-state index in [0.29, 0.717) is 35.0 Å². The molecule has 1 N–H and O–H groups in total. The standard InChI is InChI=1S/C26H33ClN6O/c1-3-17-11-24(17)33-25(27)23(14-29-33)31-26-28-13-19-10-16(2)21(12-22(19)30-26)18-4-7-32(8-5-18)20-6-9-34-15-20/h10,12-14,17-18,20,24H,3-9,11,15H2,1-2H3,(H,28,30,31). The monoisotopic (exact) mass is 480 g/mol. The Morgan fingerprint density at radius 3 is 2.76 bits per heavy atom. The van der Waals surface area contributed by atoms with Gasteiger partial charge in [0, 0.05) is 24.2 Å². The SMILES string of the molecule is CCC1CC1n1ncc(Nc2ncc3cc(C)c(C4CCN(C5CCOC5)CC4)cc3n2)c1Cl. The van der Waals surface area contributed by atoms with Crippen molar-refractivity contribution in [3.63, 3.8) is 0 Å². The van der Waals surface area contributed by atoms with Gasteiger partial charge in [-0.05, 0) is 80.8 Å². The molecule has 7 nitrogen and oxygen atoms in total. The van der Waals surface area contributed by atoms with Crippen molar-refractivity contribution in [1.29, 1.82) is 0 Å². The Labute approximate surface area is 205 Å². The van der Waals surface area contributed by atoms with Gasteiger partial charge in [-0.1, -0.05) is 24.9 Å². The van der Waals surface area contributed by atoms with Gasteiger partial charge in [-0.15, -0.1) is 0 Å². The van der Waals surface area contributed by atoms with E-state index in [9.17, 15) is 0 Å². The molecule has 1 aliphatic carbocycles. The maximum absolute atomic E-state index is 6.63. The molecular formula is C26H33ClN6O. The molecule has 2 aliphatic heterocycles. The average Bonchev–Trinajstić information content (AvgIpc) is 3.24. The van der Waals surface area contributed by atoms with Gasteiger partial charge in [0.2, 0.25) is 5.95 Å². The van der Waals surface area contributed by atoms with Gasteiger partial charge >= 0.3 is 0 Å². The van der Waals surface area contributed by atoms with Crippen LogP contribution in [0.25, 0.3) is 10.9 Å². The first-order valence-electron chi connectivity index (χ1n) is 12.7. The molecule has 0 radical (unpaired) electrons. The average molecular weight is 481 g/mol. The zero-order valence-corrected chi connectivity index (χ0v) is 20.8. The molecule has 3 aromatic rings. The lowest BCUT2D eigenvalue weighted by atomic mass is 9.85. The van der Waals surface area contributed by atoms with Crippen LogP contribution in [0, 0.1) is 12.8 Å². The number of rotatable bonds is 6. The molecule has 180 valence electrons. The second-order valence-corrected chi connectivity index (χ2v) is 10.5. The first kappa shape index (κ1) is 22.3. The summed E-state index contributed by atoms with van der Waals surface area (Å²) in [6.45, 7) is 8.54. The fourth-order valence-corrected chi connectivity index (χ4v) is 6.11. The van der Waals surface area contributed by atoms with Crippen LogP contribution in [-0.2, 0) is 4.74 Å². The van der Waals surface area contributed by atoms with Gasteiger partial charge in [0.25, 0.3) is 0 Å². The van der Waals surface area contributed by atoms with Gasteiger partial charge in [-0.3, -0.25) is 4.90 Å².